The normalized spacial score (nSPS) is 12.2. The maximum atomic E-state index is 12.0. The second-order valence-corrected chi connectivity index (χ2v) is 4.30. The molecule has 2 N–H and O–H groups in total. The fraction of sp³-hybridized carbons (Fsp3) is 0.500. The highest BCUT2D eigenvalue weighted by molar-refractivity contribution is 5.84. The number of Topliss-reactive ketones (excluding diaryl/α,β-unsaturated/α-hetero) is 1. The highest BCUT2D eigenvalue weighted by Crippen LogP contribution is 2.21. The van der Waals surface area contributed by atoms with Gasteiger partial charge in [-0.1, -0.05) is 24.6 Å². The molecule has 0 saturated carbocycles. The van der Waals surface area contributed by atoms with Crippen LogP contribution in [0.5, 0.6) is 5.75 Å². The van der Waals surface area contributed by atoms with E-state index in [-0.39, 0.29) is 11.7 Å². The van der Waals surface area contributed by atoms with E-state index >= 15 is 0 Å². The van der Waals surface area contributed by atoms with Gasteiger partial charge in [-0.05, 0) is 19.4 Å². The second-order valence-electron chi connectivity index (χ2n) is 4.30. The predicted molar refractivity (Wildman–Crippen MR) is 69.3 cm³/mol. The van der Waals surface area contributed by atoms with Crippen LogP contribution in [0.15, 0.2) is 18.2 Å². The van der Waals surface area contributed by atoms with E-state index in [2.05, 4.69) is 0 Å². The van der Waals surface area contributed by atoms with Crippen LogP contribution in [0.2, 0.25) is 0 Å². The lowest BCUT2D eigenvalue weighted by molar-refractivity contribution is -0.122. The average Bonchev–Trinajstić information content (AvgIpc) is 2.31. The van der Waals surface area contributed by atoms with Crippen LogP contribution in [0.1, 0.15) is 24.5 Å². The minimum absolute atomic E-state index is 0.0415. The zero-order chi connectivity index (χ0) is 12.8. The monoisotopic (exact) mass is 235 g/mol. The molecule has 0 amide bonds. The van der Waals surface area contributed by atoms with Gasteiger partial charge in [0.1, 0.15) is 11.5 Å². The summed E-state index contributed by atoms with van der Waals surface area (Å²) in [5.41, 5.74) is 7.67. The molecule has 0 spiro atoms. The van der Waals surface area contributed by atoms with Crippen LogP contribution in [-0.4, -0.2) is 19.4 Å². The van der Waals surface area contributed by atoms with Gasteiger partial charge >= 0.3 is 0 Å². The zero-order valence-corrected chi connectivity index (χ0v) is 10.8. The molecule has 3 nitrogen and oxygen atoms in total. The maximum Gasteiger partial charge on any atom is 0.141 e. The topological polar surface area (TPSA) is 52.3 Å². The third kappa shape index (κ3) is 3.56. The molecule has 17 heavy (non-hydrogen) atoms. The fourth-order valence-electron chi connectivity index (χ4n) is 1.90. The summed E-state index contributed by atoms with van der Waals surface area (Å²) < 4.78 is 5.26. The van der Waals surface area contributed by atoms with Crippen molar-refractivity contribution >= 4 is 5.78 Å². The molecule has 0 aromatic heterocycles. The predicted octanol–water partition coefficient (Wildman–Crippen LogP) is 2.10. The van der Waals surface area contributed by atoms with Crippen LogP contribution in [0.4, 0.5) is 0 Å². The Labute approximate surface area is 103 Å². The molecule has 0 aliphatic rings. The highest BCUT2D eigenvalue weighted by Gasteiger charge is 2.16. The van der Waals surface area contributed by atoms with Gasteiger partial charge < -0.3 is 10.5 Å². The van der Waals surface area contributed by atoms with E-state index in [4.69, 9.17) is 10.5 Å². The number of carbonyl (C=O) groups excluding carboxylic acids is 1. The summed E-state index contributed by atoms with van der Waals surface area (Å²) in [6.07, 6.45) is 1.20. The Balaban J connectivity index is 2.86. The number of ketones is 1. The highest BCUT2D eigenvalue weighted by atomic mass is 16.5. The molecule has 0 radical (unpaired) electrons. The summed E-state index contributed by atoms with van der Waals surface area (Å²) in [6, 6.07) is 5.88. The maximum absolute atomic E-state index is 12.0. The van der Waals surface area contributed by atoms with E-state index in [1.165, 1.54) is 0 Å². The van der Waals surface area contributed by atoms with E-state index in [1.54, 1.807) is 7.11 Å². The van der Waals surface area contributed by atoms with Crippen LogP contribution in [-0.2, 0) is 11.2 Å². The molecule has 0 bridgehead atoms. The van der Waals surface area contributed by atoms with Crippen molar-refractivity contribution in [3.8, 4) is 5.75 Å². The van der Waals surface area contributed by atoms with Crippen LogP contribution in [0, 0.1) is 12.8 Å². The summed E-state index contributed by atoms with van der Waals surface area (Å²) >= 11 is 0. The van der Waals surface area contributed by atoms with Crippen LogP contribution in [0.3, 0.4) is 0 Å². The number of nitrogens with two attached hydrogens (primary N) is 1. The second kappa shape index (κ2) is 6.40. The summed E-state index contributed by atoms with van der Waals surface area (Å²) in [5.74, 6) is 0.926. The van der Waals surface area contributed by atoms with Crippen LogP contribution >= 0.6 is 0 Å². The van der Waals surface area contributed by atoms with Gasteiger partial charge in [0.25, 0.3) is 0 Å². The molecule has 1 aromatic carbocycles. The van der Waals surface area contributed by atoms with Crippen molar-refractivity contribution in [2.24, 2.45) is 11.7 Å². The molecule has 1 unspecified atom stereocenters. The van der Waals surface area contributed by atoms with Crippen LogP contribution < -0.4 is 10.5 Å². The molecule has 0 aliphatic heterocycles. The van der Waals surface area contributed by atoms with Gasteiger partial charge in [0.2, 0.25) is 0 Å². The van der Waals surface area contributed by atoms with Gasteiger partial charge in [0.05, 0.1) is 7.11 Å². The van der Waals surface area contributed by atoms with Crippen molar-refractivity contribution in [2.75, 3.05) is 13.7 Å². The Hall–Kier alpha value is -1.35. The van der Waals surface area contributed by atoms with E-state index in [9.17, 15) is 4.79 Å². The summed E-state index contributed by atoms with van der Waals surface area (Å²) in [6.45, 7) is 4.42. The number of aryl methyl sites for hydroxylation is 1. The first-order valence-electron chi connectivity index (χ1n) is 5.98. The lowest BCUT2D eigenvalue weighted by Gasteiger charge is -2.13. The number of carbonyl (C=O) groups is 1. The third-order valence-corrected chi connectivity index (χ3v) is 3.03. The first kappa shape index (κ1) is 13.7. The zero-order valence-electron chi connectivity index (χ0n) is 10.8. The molecule has 94 valence electrons. The molecule has 0 saturated heterocycles. The van der Waals surface area contributed by atoms with Crippen molar-refractivity contribution in [1.29, 1.82) is 0 Å². The summed E-state index contributed by atoms with van der Waals surface area (Å²) in [7, 11) is 1.62. The summed E-state index contributed by atoms with van der Waals surface area (Å²) in [5, 5.41) is 0. The Morgan fingerprint density at radius 2 is 2.18 bits per heavy atom. The fourth-order valence-corrected chi connectivity index (χ4v) is 1.90. The first-order chi connectivity index (χ1) is 8.12. The van der Waals surface area contributed by atoms with Crippen molar-refractivity contribution in [2.45, 2.75) is 26.7 Å². The quantitative estimate of drug-likeness (QED) is 0.821. The van der Waals surface area contributed by atoms with Crippen molar-refractivity contribution in [3.63, 3.8) is 0 Å². The Morgan fingerprint density at radius 1 is 1.47 bits per heavy atom. The smallest absolute Gasteiger partial charge is 0.141 e. The molecular weight excluding hydrogens is 214 g/mol. The Bertz CT molecular complexity index is 384. The third-order valence-electron chi connectivity index (χ3n) is 3.03. The number of hydrogen-bond donors (Lipinski definition) is 1. The Morgan fingerprint density at radius 3 is 2.71 bits per heavy atom. The van der Waals surface area contributed by atoms with Crippen molar-refractivity contribution in [1.82, 2.24) is 0 Å². The van der Waals surface area contributed by atoms with Gasteiger partial charge in [-0.2, -0.15) is 0 Å². The lowest BCUT2D eigenvalue weighted by Crippen LogP contribution is -2.24. The Kier molecular flexibility index (Phi) is 5.16. The molecule has 1 atom stereocenters. The number of rotatable bonds is 6. The molecule has 1 rings (SSSR count). The number of benzene rings is 1. The molecule has 1 aromatic rings. The van der Waals surface area contributed by atoms with Gasteiger partial charge in [0, 0.05) is 24.4 Å². The molecule has 0 heterocycles. The molecule has 3 heteroatoms. The van der Waals surface area contributed by atoms with Crippen molar-refractivity contribution in [3.05, 3.63) is 29.3 Å². The standard InChI is InChI=1S/C14H21NO2/c1-4-11(9-15)13(16)8-12-7-10(2)5-6-14(12)17-3/h5-7,11H,4,8-9,15H2,1-3H3. The van der Waals surface area contributed by atoms with Gasteiger partial charge in [-0.15, -0.1) is 0 Å². The first-order valence-corrected chi connectivity index (χ1v) is 5.98. The lowest BCUT2D eigenvalue weighted by atomic mass is 9.95. The summed E-state index contributed by atoms with van der Waals surface area (Å²) in [4.78, 5) is 12.0. The largest absolute Gasteiger partial charge is 0.496 e. The average molecular weight is 235 g/mol. The number of methoxy groups -OCH3 is 1. The van der Waals surface area contributed by atoms with Crippen LogP contribution in [0.25, 0.3) is 0 Å². The van der Waals surface area contributed by atoms with E-state index < -0.39 is 0 Å². The van der Waals surface area contributed by atoms with Gasteiger partial charge in [-0.3, -0.25) is 4.79 Å². The minimum atomic E-state index is -0.0415. The van der Waals surface area contributed by atoms with E-state index in [0.29, 0.717) is 13.0 Å². The van der Waals surface area contributed by atoms with Gasteiger partial charge in [0.15, 0.2) is 0 Å². The molecule has 0 aliphatic carbocycles. The van der Waals surface area contributed by atoms with E-state index in [1.807, 2.05) is 32.0 Å². The van der Waals surface area contributed by atoms with Gasteiger partial charge in [-0.25, -0.2) is 0 Å². The number of hydrogen-bond acceptors (Lipinski definition) is 3. The molecular formula is C14H21NO2. The van der Waals surface area contributed by atoms with Crippen molar-refractivity contribution < 1.29 is 9.53 Å². The van der Waals surface area contributed by atoms with E-state index in [0.717, 1.165) is 23.3 Å². The SMILES string of the molecule is CCC(CN)C(=O)Cc1cc(C)ccc1OC. The minimum Gasteiger partial charge on any atom is -0.496 e. The molecule has 0 fully saturated rings. The number of ether oxygens (including phenoxy) is 1.